The van der Waals surface area contributed by atoms with E-state index in [1.54, 1.807) is 30.3 Å². The lowest BCUT2D eigenvalue weighted by Gasteiger charge is -2.10. The minimum Gasteiger partial charge on any atom is -0.381 e. The Kier molecular flexibility index (Phi) is 4.58. The minimum absolute atomic E-state index is 0.0448. The lowest BCUT2D eigenvalue weighted by atomic mass is 10.3. The van der Waals surface area contributed by atoms with Crippen LogP contribution in [0.4, 0.5) is 5.69 Å². The number of hydrogen-bond acceptors (Lipinski definition) is 3. The Morgan fingerprint density at radius 2 is 1.50 bits per heavy atom. The van der Waals surface area contributed by atoms with Gasteiger partial charge in [0.1, 0.15) is 0 Å². The van der Waals surface area contributed by atoms with Gasteiger partial charge in [0.05, 0.1) is 10.6 Å². The highest BCUT2D eigenvalue weighted by Crippen LogP contribution is 2.13. The minimum atomic E-state index is -3.30. The molecule has 0 fully saturated rings. The molecule has 1 N–H and O–H groups in total. The summed E-state index contributed by atoms with van der Waals surface area (Å²) in [6.07, 6.45) is 0. The molecule has 2 rings (SSSR count). The molecule has 2 aromatic carbocycles. The molecular weight excluding hydrogens is 270 g/mol. The Morgan fingerprint density at radius 3 is 2.10 bits per heavy atom. The van der Waals surface area contributed by atoms with E-state index in [4.69, 9.17) is 0 Å². The molecule has 2 aromatic rings. The fraction of sp³-hybridized carbons (Fsp3) is 0.125. The molecule has 0 heterocycles. The van der Waals surface area contributed by atoms with E-state index < -0.39 is 9.84 Å². The number of nitrogens with one attached hydrogen (secondary N) is 1. The summed E-state index contributed by atoms with van der Waals surface area (Å²) >= 11 is 0. The van der Waals surface area contributed by atoms with Crippen molar-refractivity contribution in [1.82, 2.24) is 0 Å². The average Bonchev–Trinajstić information content (AvgIpc) is 2.47. The zero-order chi connectivity index (χ0) is 14.4. The highest BCUT2D eigenvalue weighted by atomic mass is 32.2. The second-order valence-corrected chi connectivity index (χ2v) is 6.53. The van der Waals surface area contributed by atoms with E-state index in [0.717, 1.165) is 5.69 Å². The van der Waals surface area contributed by atoms with Crippen LogP contribution < -0.4 is 5.32 Å². The van der Waals surface area contributed by atoms with E-state index in [1.807, 2.05) is 30.3 Å². The third-order valence-electron chi connectivity index (χ3n) is 2.81. The average molecular weight is 287 g/mol. The standard InChI is InChI=1S/C16H17NO2S/c1-14(12-17-15-8-4-2-5-9-15)13-20(18,19)16-10-6-3-7-11-16/h2-11,17H,1,12-13H2. The van der Waals surface area contributed by atoms with Crippen LogP contribution in [-0.4, -0.2) is 20.7 Å². The topological polar surface area (TPSA) is 46.2 Å². The molecule has 0 saturated carbocycles. The molecule has 0 aliphatic carbocycles. The van der Waals surface area contributed by atoms with E-state index in [2.05, 4.69) is 11.9 Å². The Morgan fingerprint density at radius 1 is 0.950 bits per heavy atom. The number of benzene rings is 2. The molecule has 0 unspecified atom stereocenters. The van der Waals surface area contributed by atoms with Crippen LogP contribution in [0.3, 0.4) is 0 Å². The summed E-state index contributed by atoms with van der Waals surface area (Å²) < 4.78 is 24.3. The van der Waals surface area contributed by atoms with Crippen LogP contribution in [0.5, 0.6) is 0 Å². The number of hydrogen-bond donors (Lipinski definition) is 1. The van der Waals surface area contributed by atoms with E-state index in [0.29, 0.717) is 17.0 Å². The first-order valence-electron chi connectivity index (χ1n) is 6.31. The van der Waals surface area contributed by atoms with Gasteiger partial charge in [0.25, 0.3) is 0 Å². The third kappa shape index (κ3) is 3.96. The maximum absolute atomic E-state index is 12.2. The maximum atomic E-state index is 12.2. The smallest absolute Gasteiger partial charge is 0.182 e. The van der Waals surface area contributed by atoms with Crippen molar-refractivity contribution in [2.24, 2.45) is 0 Å². The molecule has 0 aromatic heterocycles. The molecule has 0 atom stereocenters. The van der Waals surface area contributed by atoms with E-state index >= 15 is 0 Å². The van der Waals surface area contributed by atoms with Gasteiger partial charge in [0, 0.05) is 12.2 Å². The predicted octanol–water partition coefficient (Wildman–Crippen LogP) is 3.13. The Hall–Kier alpha value is -2.07. The van der Waals surface area contributed by atoms with Gasteiger partial charge in [0.15, 0.2) is 9.84 Å². The molecule has 4 heteroatoms. The fourth-order valence-electron chi connectivity index (χ4n) is 1.81. The molecule has 0 saturated heterocycles. The van der Waals surface area contributed by atoms with Gasteiger partial charge in [-0.2, -0.15) is 0 Å². The number of anilines is 1. The highest BCUT2D eigenvalue weighted by molar-refractivity contribution is 7.91. The summed E-state index contributed by atoms with van der Waals surface area (Å²) in [6, 6.07) is 18.1. The lowest BCUT2D eigenvalue weighted by molar-refractivity contribution is 0.598. The van der Waals surface area contributed by atoms with Crippen molar-refractivity contribution in [1.29, 1.82) is 0 Å². The second kappa shape index (κ2) is 6.39. The molecule has 0 radical (unpaired) electrons. The van der Waals surface area contributed by atoms with Gasteiger partial charge in [-0.05, 0) is 29.8 Å². The zero-order valence-corrected chi connectivity index (χ0v) is 11.9. The summed E-state index contributed by atoms with van der Waals surface area (Å²) in [4.78, 5) is 0.334. The first kappa shape index (κ1) is 14.3. The Balaban J connectivity index is 1.95. The number of sulfone groups is 1. The van der Waals surface area contributed by atoms with Crippen LogP contribution in [0.1, 0.15) is 0 Å². The lowest BCUT2D eigenvalue weighted by Crippen LogP contribution is -2.14. The molecule has 0 amide bonds. The fourth-order valence-corrected chi connectivity index (χ4v) is 3.19. The van der Waals surface area contributed by atoms with Crippen molar-refractivity contribution in [2.45, 2.75) is 4.90 Å². The molecule has 20 heavy (non-hydrogen) atoms. The van der Waals surface area contributed by atoms with E-state index in [9.17, 15) is 8.42 Å². The van der Waals surface area contributed by atoms with Crippen LogP contribution in [0.25, 0.3) is 0 Å². The SMILES string of the molecule is C=C(CNc1ccccc1)CS(=O)(=O)c1ccccc1. The molecule has 0 spiro atoms. The van der Waals surface area contributed by atoms with Crippen LogP contribution in [-0.2, 0) is 9.84 Å². The maximum Gasteiger partial charge on any atom is 0.182 e. The van der Waals surface area contributed by atoms with Crippen molar-refractivity contribution in [3.8, 4) is 0 Å². The van der Waals surface area contributed by atoms with Gasteiger partial charge in [-0.3, -0.25) is 0 Å². The summed E-state index contributed by atoms with van der Waals surface area (Å²) in [5, 5.41) is 3.15. The zero-order valence-electron chi connectivity index (χ0n) is 11.1. The van der Waals surface area contributed by atoms with E-state index in [1.165, 1.54) is 0 Å². The first-order chi connectivity index (χ1) is 9.58. The van der Waals surface area contributed by atoms with Gasteiger partial charge in [-0.15, -0.1) is 0 Å². The van der Waals surface area contributed by atoms with Gasteiger partial charge in [-0.25, -0.2) is 8.42 Å². The van der Waals surface area contributed by atoms with Crippen molar-refractivity contribution >= 4 is 15.5 Å². The van der Waals surface area contributed by atoms with Crippen LogP contribution >= 0.6 is 0 Å². The normalized spacial score (nSPS) is 11.0. The molecular formula is C16H17NO2S. The first-order valence-corrected chi connectivity index (χ1v) is 7.96. The van der Waals surface area contributed by atoms with Crippen molar-refractivity contribution < 1.29 is 8.42 Å². The number of rotatable bonds is 6. The molecule has 3 nitrogen and oxygen atoms in total. The van der Waals surface area contributed by atoms with Crippen molar-refractivity contribution in [2.75, 3.05) is 17.6 Å². The highest BCUT2D eigenvalue weighted by Gasteiger charge is 2.15. The molecule has 0 aliphatic rings. The Bertz CT molecular complexity index is 664. The summed E-state index contributed by atoms with van der Waals surface area (Å²) in [5.74, 6) is -0.0448. The summed E-state index contributed by atoms with van der Waals surface area (Å²) in [7, 11) is -3.30. The third-order valence-corrected chi connectivity index (χ3v) is 4.59. The van der Waals surface area contributed by atoms with Gasteiger partial charge >= 0.3 is 0 Å². The van der Waals surface area contributed by atoms with E-state index in [-0.39, 0.29) is 5.75 Å². The van der Waals surface area contributed by atoms with Gasteiger partial charge in [0.2, 0.25) is 0 Å². The van der Waals surface area contributed by atoms with Crippen molar-refractivity contribution in [3.05, 3.63) is 72.8 Å². The van der Waals surface area contributed by atoms with Crippen LogP contribution in [0.2, 0.25) is 0 Å². The van der Waals surface area contributed by atoms with Crippen molar-refractivity contribution in [3.63, 3.8) is 0 Å². The molecule has 0 aliphatic heterocycles. The summed E-state index contributed by atoms with van der Waals surface area (Å²) in [6.45, 7) is 4.28. The van der Waals surface area contributed by atoms with Crippen LogP contribution in [0, 0.1) is 0 Å². The second-order valence-electron chi connectivity index (χ2n) is 4.54. The molecule has 0 bridgehead atoms. The van der Waals surface area contributed by atoms with Crippen LogP contribution in [0.15, 0.2) is 77.7 Å². The Labute approximate surface area is 119 Å². The summed E-state index contributed by atoms with van der Waals surface area (Å²) in [5.41, 5.74) is 1.59. The largest absolute Gasteiger partial charge is 0.381 e. The van der Waals surface area contributed by atoms with Gasteiger partial charge in [-0.1, -0.05) is 43.0 Å². The predicted molar refractivity (Wildman–Crippen MR) is 82.6 cm³/mol. The molecule has 104 valence electrons. The van der Waals surface area contributed by atoms with Gasteiger partial charge < -0.3 is 5.32 Å². The number of para-hydroxylation sites is 1. The monoisotopic (exact) mass is 287 g/mol. The quantitative estimate of drug-likeness (QED) is 0.830.